The molecule has 8 nitrogen and oxygen atoms in total. The zero-order chi connectivity index (χ0) is 18.5. The minimum Gasteiger partial charge on any atom is -0.477 e. The van der Waals surface area contributed by atoms with E-state index >= 15 is 0 Å². The first-order chi connectivity index (χ1) is 12.5. The third-order valence-corrected chi connectivity index (χ3v) is 5.01. The van der Waals surface area contributed by atoms with Crippen molar-refractivity contribution in [3.63, 3.8) is 0 Å². The maximum atomic E-state index is 12.3. The van der Waals surface area contributed by atoms with E-state index in [1.165, 1.54) is 12.1 Å². The maximum absolute atomic E-state index is 12.3. The summed E-state index contributed by atoms with van der Waals surface area (Å²) < 4.78 is 5.38. The van der Waals surface area contributed by atoms with Crippen LogP contribution in [-0.2, 0) is 11.3 Å². The molecule has 0 aliphatic carbocycles. The summed E-state index contributed by atoms with van der Waals surface area (Å²) in [7, 11) is 0. The van der Waals surface area contributed by atoms with E-state index in [-0.39, 0.29) is 24.0 Å². The van der Waals surface area contributed by atoms with Crippen LogP contribution in [0.3, 0.4) is 0 Å². The van der Waals surface area contributed by atoms with Gasteiger partial charge in [-0.25, -0.2) is 4.98 Å². The Morgan fingerprint density at radius 3 is 2.69 bits per heavy atom. The molecule has 2 aromatic rings. The highest BCUT2D eigenvalue weighted by Gasteiger charge is 2.23. The van der Waals surface area contributed by atoms with Gasteiger partial charge in [0.1, 0.15) is 0 Å². The predicted molar refractivity (Wildman–Crippen MR) is 97.3 cm³/mol. The normalized spacial score (nSPS) is 15.0. The van der Waals surface area contributed by atoms with Gasteiger partial charge < -0.3 is 9.64 Å². The molecular weight excluding hydrogens is 356 g/mol. The second-order valence-electron chi connectivity index (χ2n) is 6.03. The fraction of sp³-hybridized carbons (Fsp3) is 0.412. The van der Waals surface area contributed by atoms with Crippen LogP contribution in [0.1, 0.15) is 10.7 Å². The van der Waals surface area contributed by atoms with Crippen LogP contribution >= 0.6 is 11.3 Å². The Morgan fingerprint density at radius 1 is 1.31 bits per heavy atom. The van der Waals surface area contributed by atoms with E-state index in [0.717, 1.165) is 30.3 Å². The number of thiazole rings is 1. The quantitative estimate of drug-likeness (QED) is 0.566. The molecule has 0 saturated carbocycles. The van der Waals surface area contributed by atoms with Gasteiger partial charge in [-0.15, -0.1) is 11.3 Å². The molecule has 1 aliphatic rings. The van der Waals surface area contributed by atoms with Gasteiger partial charge in [-0.2, -0.15) is 0 Å². The number of piperazine rings is 1. The second kappa shape index (κ2) is 8.24. The molecule has 1 aromatic heterocycles. The van der Waals surface area contributed by atoms with Crippen LogP contribution in [0.15, 0.2) is 29.6 Å². The van der Waals surface area contributed by atoms with Gasteiger partial charge in [0.05, 0.1) is 15.6 Å². The molecule has 3 rings (SSSR count). The number of hydrogen-bond acceptors (Lipinski definition) is 7. The number of nitro benzene ring substituents is 1. The Morgan fingerprint density at radius 2 is 2.04 bits per heavy atom. The smallest absolute Gasteiger partial charge is 0.310 e. The van der Waals surface area contributed by atoms with E-state index in [4.69, 9.17) is 4.74 Å². The fourth-order valence-corrected chi connectivity index (χ4v) is 3.43. The fourth-order valence-electron chi connectivity index (χ4n) is 2.83. The number of carbonyl (C=O) groups excluding carboxylic acids is 1. The molecule has 26 heavy (non-hydrogen) atoms. The Labute approximate surface area is 155 Å². The summed E-state index contributed by atoms with van der Waals surface area (Å²) in [5, 5.41) is 14.1. The first-order valence-corrected chi connectivity index (χ1v) is 9.18. The van der Waals surface area contributed by atoms with Crippen LogP contribution in [0.25, 0.3) is 0 Å². The molecule has 1 fully saturated rings. The van der Waals surface area contributed by atoms with Crippen LogP contribution in [-0.4, -0.2) is 58.4 Å². The molecule has 2 heterocycles. The molecule has 0 atom stereocenters. The van der Waals surface area contributed by atoms with E-state index in [1.807, 2.05) is 6.92 Å². The third-order valence-electron chi connectivity index (χ3n) is 4.19. The van der Waals surface area contributed by atoms with Gasteiger partial charge in [0.2, 0.25) is 0 Å². The van der Waals surface area contributed by atoms with Gasteiger partial charge in [0, 0.05) is 44.2 Å². The summed E-state index contributed by atoms with van der Waals surface area (Å²) in [6.07, 6.45) is 0. The minimum atomic E-state index is -0.515. The molecule has 0 N–H and O–H groups in total. The number of rotatable bonds is 6. The summed E-state index contributed by atoms with van der Waals surface area (Å²) in [5.74, 6) is -0.0457. The summed E-state index contributed by atoms with van der Waals surface area (Å²) in [4.78, 5) is 31.2. The summed E-state index contributed by atoms with van der Waals surface area (Å²) in [6.45, 7) is 5.35. The number of aromatic nitrogens is 1. The van der Waals surface area contributed by atoms with Crippen molar-refractivity contribution in [3.8, 4) is 5.75 Å². The van der Waals surface area contributed by atoms with Crippen molar-refractivity contribution in [2.24, 2.45) is 0 Å². The number of amides is 1. The van der Waals surface area contributed by atoms with Crippen LogP contribution in [0.4, 0.5) is 5.69 Å². The lowest BCUT2D eigenvalue weighted by Gasteiger charge is -2.34. The van der Waals surface area contributed by atoms with Crippen molar-refractivity contribution in [2.45, 2.75) is 13.5 Å². The maximum Gasteiger partial charge on any atom is 0.310 e. The van der Waals surface area contributed by atoms with Gasteiger partial charge in [0.25, 0.3) is 5.91 Å². The first-order valence-electron chi connectivity index (χ1n) is 8.30. The Balaban J connectivity index is 1.47. The zero-order valence-corrected chi connectivity index (χ0v) is 15.3. The molecule has 9 heteroatoms. The van der Waals surface area contributed by atoms with Crippen molar-refractivity contribution in [2.75, 3.05) is 32.8 Å². The minimum absolute atomic E-state index is 0.114. The van der Waals surface area contributed by atoms with Gasteiger partial charge in [-0.3, -0.25) is 19.8 Å². The summed E-state index contributed by atoms with van der Waals surface area (Å²) in [5.41, 5.74) is 0.927. The number of nitrogens with zero attached hydrogens (tertiary/aromatic N) is 4. The van der Waals surface area contributed by atoms with E-state index in [0.29, 0.717) is 13.1 Å². The Kier molecular flexibility index (Phi) is 5.79. The molecule has 138 valence electrons. The van der Waals surface area contributed by atoms with Gasteiger partial charge in [0.15, 0.2) is 12.4 Å². The number of carbonyl (C=O) groups is 1. The predicted octanol–water partition coefficient (Wildman–Crippen LogP) is 2.08. The van der Waals surface area contributed by atoms with Crippen LogP contribution < -0.4 is 4.74 Å². The molecule has 0 bridgehead atoms. The molecule has 0 spiro atoms. The number of aryl methyl sites for hydroxylation is 1. The highest BCUT2D eigenvalue weighted by atomic mass is 32.1. The Hall–Kier alpha value is -2.52. The molecule has 1 amide bonds. The van der Waals surface area contributed by atoms with Crippen molar-refractivity contribution >= 4 is 22.9 Å². The lowest BCUT2D eigenvalue weighted by Crippen LogP contribution is -2.49. The zero-order valence-electron chi connectivity index (χ0n) is 14.5. The van der Waals surface area contributed by atoms with Crippen molar-refractivity contribution in [3.05, 3.63) is 50.5 Å². The van der Waals surface area contributed by atoms with Crippen LogP contribution in [0, 0.1) is 17.0 Å². The molecule has 0 radical (unpaired) electrons. The molecule has 1 aromatic carbocycles. The number of nitro groups is 1. The van der Waals surface area contributed by atoms with Gasteiger partial charge in [-0.05, 0) is 13.0 Å². The number of para-hydroxylation sites is 2. The largest absolute Gasteiger partial charge is 0.477 e. The average molecular weight is 376 g/mol. The monoisotopic (exact) mass is 376 g/mol. The highest BCUT2D eigenvalue weighted by Crippen LogP contribution is 2.25. The molecule has 1 saturated heterocycles. The van der Waals surface area contributed by atoms with Crippen LogP contribution in [0.5, 0.6) is 5.75 Å². The van der Waals surface area contributed by atoms with E-state index in [2.05, 4.69) is 15.3 Å². The molecular formula is C17H20N4O4S. The number of hydrogen-bond donors (Lipinski definition) is 0. The third kappa shape index (κ3) is 4.55. The lowest BCUT2D eigenvalue weighted by molar-refractivity contribution is -0.385. The van der Waals surface area contributed by atoms with Crippen LogP contribution in [0.2, 0.25) is 0 Å². The second-order valence-corrected chi connectivity index (χ2v) is 7.09. The van der Waals surface area contributed by atoms with Crippen molar-refractivity contribution in [1.82, 2.24) is 14.8 Å². The average Bonchev–Trinajstić information content (AvgIpc) is 3.05. The van der Waals surface area contributed by atoms with Gasteiger partial charge in [-0.1, -0.05) is 12.1 Å². The molecule has 0 unspecified atom stereocenters. The first kappa shape index (κ1) is 18.3. The topological polar surface area (TPSA) is 88.8 Å². The van der Waals surface area contributed by atoms with E-state index in [9.17, 15) is 14.9 Å². The highest BCUT2D eigenvalue weighted by molar-refractivity contribution is 7.09. The standard InChI is InChI=1S/C17H20N4O4S/c1-13-18-14(12-26-13)10-19-6-8-20(9-7-19)17(22)11-25-16-5-3-2-4-15(16)21(23)24/h2-5,12H,6-11H2,1H3. The van der Waals surface area contributed by atoms with Crippen molar-refractivity contribution in [1.29, 1.82) is 0 Å². The SMILES string of the molecule is Cc1nc(CN2CCN(C(=O)COc3ccccc3[N+](=O)[O-])CC2)cs1. The van der Waals surface area contributed by atoms with Gasteiger partial charge >= 0.3 is 5.69 Å². The Bertz CT molecular complexity index is 787. The van der Waals surface area contributed by atoms with Crippen molar-refractivity contribution < 1.29 is 14.5 Å². The summed E-state index contributed by atoms with van der Waals surface area (Å²) >= 11 is 1.64. The lowest BCUT2D eigenvalue weighted by atomic mass is 10.3. The van der Waals surface area contributed by atoms with E-state index in [1.54, 1.807) is 28.4 Å². The number of ether oxygens (including phenoxy) is 1. The molecule has 1 aliphatic heterocycles. The van der Waals surface area contributed by atoms with E-state index < -0.39 is 4.92 Å². The summed E-state index contributed by atoms with van der Waals surface area (Å²) in [6, 6.07) is 6.07. The number of benzene rings is 1.